The van der Waals surface area contributed by atoms with Crippen LogP contribution < -0.4 is 0 Å². The molecule has 0 aliphatic carbocycles. The largest absolute Gasteiger partial charge is 0.478 e. The van der Waals surface area contributed by atoms with Gasteiger partial charge in [-0.25, -0.2) is 4.79 Å². The summed E-state index contributed by atoms with van der Waals surface area (Å²) < 4.78 is 0. The molecule has 1 rings (SSSR count). The van der Waals surface area contributed by atoms with Crippen LogP contribution in [0.3, 0.4) is 0 Å². The van der Waals surface area contributed by atoms with Gasteiger partial charge in [-0.05, 0) is 37.1 Å². The highest BCUT2D eigenvalue weighted by Crippen LogP contribution is 2.20. The van der Waals surface area contributed by atoms with E-state index in [0.717, 1.165) is 17.2 Å². The summed E-state index contributed by atoms with van der Waals surface area (Å²) in [6, 6.07) is 7.14. The molecule has 3 heteroatoms. The van der Waals surface area contributed by atoms with Crippen molar-refractivity contribution in [3.8, 4) is 0 Å². The monoisotopic (exact) mass is 206 g/mol. The molecule has 1 aromatic carbocycles. The number of hydrogen-bond donors (Lipinski definition) is 2. The first-order valence-corrected chi connectivity index (χ1v) is 4.63. The van der Waals surface area contributed by atoms with Crippen molar-refractivity contribution in [1.82, 2.24) is 0 Å². The number of aliphatic carboxylic acids is 1. The molecule has 0 spiro atoms. The Morgan fingerprint density at radius 1 is 1.40 bits per heavy atom. The van der Waals surface area contributed by atoms with Crippen molar-refractivity contribution in [2.75, 3.05) is 0 Å². The van der Waals surface area contributed by atoms with Gasteiger partial charge in [-0.15, -0.1) is 0 Å². The number of hydrogen-bond acceptors (Lipinski definition) is 2. The Morgan fingerprint density at radius 2 is 2.07 bits per heavy atom. The number of benzene rings is 1. The predicted octanol–water partition coefficient (Wildman–Crippen LogP) is 2.01. The minimum atomic E-state index is -0.983. The van der Waals surface area contributed by atoms with Crippen molar-refractivity contribution in [2.45, 2.75) is 19.4 Å². The summed E-state index contributed by atoms with van der Waals surface area (Å²) in [6.07, 6.45) is 2.57. The van der Waals surface area contributed by atoms with Crippen LogP contribution in [0.15, 0.2) is 30.3 Å². The van der Waals surface area contributed by atoms with Gasteiger partial charge in [-0.2, -0.15) is 0 Å². The van der Waals surface area contributed by atoms with Crippen LogP contribution in [0, 0.1) is 0 Å². The summed E-state index contributed by atoms with van der Waals surface area (Å²) in [5.74, 6) is -0.983. The van der Waals surface area contributed by atoms with Crippen LogP contribution in [0.1, 0.15) is 25.0 Å². The quantitative estimate of drug-likeness (QED) is 0.744. The second-order valence-corrected chi connectivity index (χ2v) is 3.86. The number of aliphatic hydroxyl groups is 1. The highest BCUT2D eigenvalue weighted by molar-refractivity contribution is 5.85. The molecular weight excluding hydrogens is 192 g/mol. The third-order valence-electron chi connectivity index (χ3n) is 2.01. The Hall–Kier alpha value is -1.61. The summed E-state index contributed by atoms with van der Waals surface area (Å²) in [6.45, 7) is 3.38. The van der Waals surface area contributed by atoms with E-state index in [1.165, 1.54) is 6.08 Å². The van der Waals surface area contributed by atoms with Crippen LogP contribution in [-0.4, -0.2) is 16.2 Å². The third-order valence-corrected chi connectivity index (χ3v) is 2.01. The zero-order chi connectivity index (χ0) is 11.5. The van der Waals surface area contributed by atoms with Gasteiger partial charge in [0.25, 0.3) is 0 Å². The second kappa shape index (κ2) is 4.28. The van der Waals surface area contributed by atoms with Crippen molar-refractivity contribution in [2.24, 2.45) is 0 Å². The molecule has 0 radical (unpaired) electrons. The van der Waals surface area contributed by atoms with Crippen LogP contribution in [0.4, 0.5) is 0 Å². The zero-order valence-electron chi connectivity index (χ0n) is 8.77. The molecule has 0 bridgehead atoms. The summed E-state index contributed by atoms with van der Waals surface area (Å²) >= 11 is 0. The van der Waals surface area contributed by atoms with Gasteiger partial charge in [0.2, 0.25) is 0 Å². The molecular formula is C12H14O3. The fraction of sp³-hybridized carbons (Fsp3) is 0.250. The highest BCUT2D eigenvalue weighted by Gasteiger charge is 2.15. The van der Waals surface area contributed by atoms with Crippen LogP contribution in [0.5, 0.6) is 0 Å². The first kappa shape index (κ1) is 11.5. The van der Waals surface area contributed by atoms with Crippen molar-refractivity contribution >= 4 is 12.0 Å². The van der Waals surface area contributed by atoms with Gasteiger partial charge in [-0.3, -0.25) is 0 Å². The Balaban J connectivity index is 2.98. The lowest BCUT2D eigenvalue weighted by Crippen LogP contribution is -2.15. The summed E-state index contributed by atoms with van der Waals surface area (Å²) in [4.78, 5) is 10.3. The molecule has 0 amide bonds. The average molecular weight is 206 g/mol. The molecule has 0 aliphatic heterocycles. The zero-order valence-corrected chi connectivity index (χ0v) is 8.77. The van der Waals surface area contributed by atoms with Gasteiger partial charge in [-0.1, -0.05) is 18.2 Å². The maximum atomic E-state index is 10.3. The molecule has 1 aromatic rings. The Bertz CT molecular complexity index is 386. The summed E-state index contributed by atoms with van der Waals surface area (Å²) in [5, 5.41) is 18.2. The van der Waals surface area contributed by atoms with E-state index in [2.05, 4.69) is 0 Å². The van der Waals surface area contributed by atoms with Crippen molar-refractivity contribution in [1.29, 1.82) is 0 Å². The van der Waals surface area contributed by atoms with Crippen LogP contribution in [-0.2, 0) is 10.4 Å². The molecule has 0 atom stereocenters. The molecule has 0 heterocycles. The van der Waals surface area contributed by atoms with E-state index in [-0.39, 0.29) is 0 Å². The molecule has 0 unspecified atom stereocenters. The van der Waals surface area contributed by atoms with Gasteiger partial charge < -0.3 is 10.2 Å². The molecule has 3 nitrogen and oxygen atoms in total. The minimum absolute atomic E-state index is 0.759. The summed E-state index contributed by atoms with van der Waals surface area (Å²) in [7, 11) is 0. The maximum absolute atomic E-state index is 10.3. The average Bonchev–Trinajstić information content (AvgIpc) is 2.14. The van der Waals surface area contributed by atoms with Crippen LogP contribution in [0.2, 0.25) is 0 Å². The highest BCUT2D eigenvalue weighted by atomic mass is 16.4. The molecule has 0 fully saturated rings. The van der Waals surface area contributed by atoms with Crippen LogP contribution in [0.25, 0.3) is 6.08 Å². The standard InChI is InChI=1S/C12H14O3/c1-12(2,15)10-5-3-4-9(8-10)6-7-11(13)14/h3-8,15H,1-2H3,(H,13,14). The lowest BCUT2D eigenvalue weighted by Gasteiger charge is -2.17. The Morgan fingerprint density at radius 3 is 2.60 bits per heavy atom. The van der Waals surface area contributed by atoms with Gasteiger partial charge in [0.1, 0.15) is 0 Å². The smallest absolute Gasteiger partial charge is 0.328 e. The lowest BCUT2D eigenvalue weighted by molar-refractivity contribution is -0.131. The van der Waals surface area contributed by atoms with E-state index >= 15 is 0 Å². The Kier molecular flexibility index (Phi) is 3.27. The van der Waals surface area contributed by atoms with E-state index in [4.69, 9.17) is 5.11 Å². The van der Waals surface area contributed by atoms with Crippen molar-refractivity contribution < 1.29 is 15.0 Å². The van der Waals surface area contributed by atoms with E-state index in [1.807, 2.05) is 0 Å². The van der Waals surface area contributed by atoms with E-state index < -0.39 is 11.6 Å². The molecule has 15 heavy (non-hydrogen) atoms. The normalized spacial score (nSPS) is 11.9. The van der Waals surface area contributed by atoms with E-state index in [9.17, 15) is 9.90 Å². The molecule has 0 aliphatic rings. The van der Waals surface area contributed by atoms with Gasteiger partial charge in [0.15, 0.2) is 0 Å². The second-order valence-electron chi connectivity index (χ2n) is 3.86. The van der Waals surface area contributed by atoms with Gasteiger partial charge in [0.05, 0.1) is 5.60 Å². The molecule has 0 saturated carbocycles. The molecule has 0 saturated heterocycles. The van der Waals surface area contributed by atoms with E-state index in [0.29, 0.717) is 0 Å². The lowest BCUT2D eigenvalue weighted by atomic mass is 9.96. The molecule has 2 N–H and O–H groups in total. The number of carbonyl (C=O) groups is 1. The van der Waals surface area contributed by atoms with Crippen LogP contribution >= 0.6 is 0 Å². The SMILES string of the molecule is CC(C)(O)c1cccc(C=CC(=O)O)c1. The topological polar surface area (TPSA) is 57.5 Å². The first-order valence-electron chi connectivity index (χ1n) is 4.63. The number of carboxylic acid groups (broad SMARTS) is 1. The van der Waals surface area contributed by atoms with Crippen molar-refractivity contribution in [3.05, 3.63) is 41.5 Å². The fourth-order valence-corrected chi connectivity index (χ4v) is 1.19. The van der Waals surface area contributed by atoms with Crippen molar-refractivity contribution in [3.63, 3.8) is 0 Å². The third kappa shape index (κ3) is 3.56. The maximum Gasteiger partial charge on any atom is 0.328 e. The molecule has 80 valence electrons. The molecule has 0 aromatic heterocycles. The number of rotatable bonds is 3. The predicted molar refractivity (Wildman–Crippen MR) is 58.4 cm³/mol. The minimum Gasteiger partial charge on any atom is -0.478 e. The van der Waals surface area contributed by atoms with Gasteiger partial charge >= 0.3 is 5.97 Å². The summed E-state index contributed by atoms with van der Waals surface area (Å²) in [5.41, 5.74) is 0.611. The van der Waals surface area contributed by atoms with E-state index in [1.54, 1.807) is 38.1 Å². The number of carboxylic acids is 1. The first-order chi connectivity index (χ1) is 6.89. The fourth-order valence-electron chi connectivity index (χ4n) is 1.19. The van der Waals surface area contributed by atoms with Gasteiger partial charge in [0, 0.05) is 6.08 Å². The Labute approximate surface area is 88.7 Å².